The summed E-state index contributed by atoms with van der Waals surface area (Å²) in [5, 5.41) is 7.46. The summed E-state index contributed by atoms with van der Waals surface area (Å²) in [5.74, 6) is -0.352. The van der Waals surface area contributed by atoms with Crippen LogP contribution in [-0.2, 0) is 4.74 Å². The predicted molar refractivity (Wildman–Crippen MR) is 57.4 cm³/mol. The van der Waals surface area contributed by atoms with E-state index in [2.05, 4.69) is 14.9 Å². The molecule has 0 aliphatic carbocycles. The number of methoxy groups -OCH3 is 1. The first-order chi connectivity index (χ1) is 7.72. The topological polar surface area (TPSA) is 57.0 Å². The standard InChI is InChI=1S/C11H11N3O2/c1-8-3-4-9(11(15)16-2)5-10(8)14-6-12-13-7-14/h3-7H,1-2H3. The zero-order chi connectivity index (χ0) is 11.5. The number of hydrogen-bond acceptors (Lipinski definition) is 4. The van der Waals surface area contributed by atoms with Gasteiger partial charge in [0.05, 0.1) is 18.4 Å². The van der Waals surface area contributed by atoms with Crippen LogP contribution in [0.5, 0.6) is 0 Å². The van der Waals surface area contributed by atoms with Gasteiger partial charge in [0.25, 0.3) is 0 Å². The van der Waals surface area contributed by atoms with Crippen LogP contribution in [0.4, 0.5) is 0 Å². The highest BCUT2D eigenvalue weighted by atomic mass is 16.5. The molecule has 5 nitrogen and oxygen atoms in total. The Kier molecular flexibility index (Phi) is 2.68. The number of nitrogens with zero attached hydrogens (tertiary/aromatic N) is 3. The number of ether oxygens (including phenoxy) is 1. The zero-order valence-corrected chi connectivity index (χ0v) is 9.04. The lowest BCUT2D eigenvalue weighted by atomic mass is 10.1. The van der Waals surface area contributed by atoms with Crippen molar-refractivity contribution in [3.63, 3.8) is 0 Å². The van der Waals surface area contributed by atoms with Crippen molar-refractivity contribution in [2.24, 2.45) is 0 Å². The fourth-order valence-electron chi connectivity index (χ4n) is 1.46. The van der Waals surface area contributed by atoms with Gasteiger partial charge in [-0.25, -0.2) is 4.79 Å². The molecule has 0 aliphatic heterocycles. The average molecular weight is 217 g/mol. The van der Waals surface area contributed by atoms with Crippen LogP contribution in [0.15, 0.2) is 30.9 Å². The summed E-state index contributed by atoms with van der Waals surface area (Å²) in [6.45, 7) is 1.95. The van der Waals surface area contributed by atoms with Crippen LogP contribution in [0, 0.1) is 6.92 Å². The maximum absolute atomic E-state index is 11.4. The van der Waals surface area contributed by atoms with Crippen LogP contribution in [0.3, 0.4) is 0 Å². The smallest absolute Gasteiger partial charge is 0.337 e. The third-order valence-electron chi connectivity index (χ3n) is 2.33. The van der Waals surface area contributed by atoms with Crippen molar-refractivity contribution in [3.05, 3.63) is 42.0 Å². The number of carbonyl (C=O) groups is 1. The molecule has 0 fully saturated rings. The van der Waals surface area contributed by atoms with Crippen molar-refractivity contribution < 1.29 is 9.53 Å². The van der Waals surface area contributed by atoms with Crippen molar-refractivity contribution >= 4 is 5.97 Å². The first-order valence-corrected chi connectivity index (χ1v) is 4.76. The molecule has 0 bridgehead atoms. The van der Waals surface area contributed by atoms with Gasteiger partial charge in [-0.1, -0.05) is 6.07 Å². The molecule has 82 valence electrons. The lowest BCUT2D eigenvalue weighted by Crippen LogP contribution is -2.03. The number of rotatable bonds is 2. The molecule has 1 aromatic heterocycles. The Bertz CT molecular complexity index is 506. The van der Waals surface area contributed by atoms with Gasteiger partial charge in [0.2, 0.25) is 0 Å². The molecule has 5 heteroatoms. The number of hydrogen-bond donors (Lipinski definition) is 0. The highest BCUT2D eigenvalue weighted by molar-refractivity contribution is 5.90. The summed E-state index contributed by atoms with van der Waals surface area (Å²) in [7, 11) is 1.36. The van der Waals surface area contributed by atoms with E-state index in [0.717, 1.165) is 11.3 Å². The van der Waals surface area contributed by atoms with Gasteiger partial charge in [-0.2, -0.15) is 0 Å². The SMILES string of the molecule is COC(=O)c1ccc(C)c(-n2cnnc2)c1. The summed E-state index contributed by atoms with van der Waals surface area (Å²) in [6, 6.07) is 5.35. The average Bonchev–Trinajstić information content (AvgIpc) is 2.82. The number of esters is 1. The normalized spacial score (nSPS) is 10.1. The highest BCUT2D eigenvalue weighted by Crippen LogP contribution is 2.15. The van der Waals surface area contributed by atoms with E-state index < -0.39 is 0 Å². The van der Waals surface area contributed by atoms with Crippen LogP contribution >= 0.6 is 0 Å². The lowest BCUT2D eigenvalue weighted by Gasteiger charge is -2.07. The molecule has 0 saturated heterocycles. The molecule has 0 atom stereocenters. The van der Waals surface area contributed by atoms with Crippen LogP contribution < -0.4 is 0 Å². The number of aryl methyl sites for hydroxylation is 1. The first kappa shape index (κ1) is 10.4. The quantitative estimate of drug-likeness (QED) is 0.713. The molecule has 0 aliphatic rings. The van der Waals surface area contributed by atoms with Gasteiger partial charge >= 0.3 is 5.97 Å². The Hall–Kier alpha value is -2.17. The molecule has 2 aromatic rings. The number of aromatic nitrogens is 3. The van der Waals surface area contributed by atoms with E-state index in [-0.39, 0.29) is 5.97 Å². The second-order valence-corrected chi connectivity index (χ2v) is 3.36. The zero-order valence-electron chi connectivity index (χ0n) is 9.04. The molecule has 0 unspecified atom stereocenters. The van der Waals surface area contributed by atoms with Gasteiger partial charge in [-0.3, -0.25) is 4.57 Å². The van der Waals surface area contributed by atoms with E-state index in [4.69, 9.17) is 0 Å². The fraction of sp³-hybridized carbons (Fsp3) is 0.182. The number of benzene rings is 1. The minimum absolute atomic E-state index is 0.352. The van der Waals surface area contributed by atoms with Crippen LogP contribution in [0.25, 0.3) is 5.69 Å². The van der Waals surface area contributed by atoms with Crippen molar-refractivity contribution in [3.8, 4) is 5.69 Å². The highest BCUT2D eigenvalue weighted by Gasteiger charge is 2.08. The molecule has 0 saturated carbocycles. The van der Waals surface area contributed by atoms with Crippen molar-refractivity contribution in [1.82, 2.24) is 14.8 Å². The predicted octanol–water partition coefficient (Wildman–Crippen LogP) is 1.36. The Morgan fingerprint density at radius 2 is 2.00 bits per heavy atom. The number of carbonyl (C=O) groups excluding carboxylic acids is 1. The largest absolute Gasteiger partial charge is 0.465 e. The van der Waals surface area contributed by atoms with Gasteiger partial charge in [-0.05, 0) is 24.6 Å². The van der Waals surface area contributed by atoms with Crippen LogP contribution in [-0.4, -0.2) is 27.8 Å². The van der Waals surface area contributed by atoms with Gasteiger partial charge < -0.3 is 4.74 Å². The van der Waals surface area contributed by atoms with E-state index in [1.807, 2.05) is 13.0 Å². The van der Waals surface area contributed by atoms with Crippen LogP contribution in [0.1, 0.15) is 15.9 Å². The van der Waals surface area contributed by atoms with Crippen molar-refractivity contribution in [1.29, 1.82) is 0 Å². The van der Waals surface area contributed by atoms with E-state index in [1.165, 1.54) is 7.11 Å². The van der Waals surface area contributed by atoms with Crippen LogP contribution in [0.2, 0.25) is 0 Å². The molecular formula is C11H11N3O2. The first-order valence-electron chi connectivity index (χ1n) is 4.76. The third kappa shape index (κ3) is 1.79. The molecule has 16 heavy (non-hydrogen) atoms. The Morgan fingerprint density at radius 3 is 2.62 bits per heavy atom. The maximum Gasteiger partial charge on any atom is 0.337 e. The summed E-state index contributed by atoms with van der Waals surface area (Å²) in [5.41, 5.74) is 2.41. The summed E-state index contributed by atoms with van der Waals surface area (Å²) < 4.78 is 6.42. The van der Waals surface area contributed by atoms with Crippen molar-refractivity contribution in [2.75, 3.05) is 7.11 Å². The molecule has 1 heterocycles. The minimum Gasteiger partial charge on any atom is -0.465 e. The summed E-state index contributed by atoms with van der Waals surface area (Å²) in [4.78, 5) is 11.4. The monoisotopic (exact) mass is 217 g/mol. The fourth-order valence-corrected chi connectivity index (χ4v) is 1.46. The second kappa shape index (κ2) is 4.14. The molecule has 2 rings (SSSR count). The molecule has 0 radical (unpaired) electrons. The lowest BCUT2D eigenvalue weighted by molar-refractivity contribution is 0.0600. The second-order valence-electron chi connectivity index (χ2n) is 3.36. The minimum atomic E-state index is -0.352. The van der Waals surface area contributed by atoms with E-state index >= 15 is 0 Å². The Labute approximate surface area is 92.7 Å². The van der Waals surface area contributed by atoms with E-state index in [9.17, 15) is 4.79 Å². The third-order valence-corrected chi connectivity index (χ3v) is 2.33. The summed E-state index contributed by atoms with van der Waals surface area (Å²) in [6.07, 6.45) is 3.17. The maximum atomic E-state index is 11.4. The van der Waals surface area contributed by atoms with Gasteiger partial charge in [0, 0.05) is 0 Å². The molecule has 0 spiro atoms. The Morgan fingerprint density at radius 1 is 1.31 bits per heavy atom. The molecule has 0 N–H and O–H groups in total. The van der Waals surface area contributed by atoms with Gasteiger partial charge in [0.1, 0.15) is 12.7 Å². The van der Waals surface area contributed by atoms with E-state index in [0.29, 0.717) is 5.56 Å². The van der Waals surface area contributed by atoms with Crippen molar-refractivity contribution in [2.45, 2.75) is 6.92 Å². The molecule has 0 amide bonds. The summed E-state index contributed by atoms with van der Waals surface area (Å²) >= 11 is 0. The van der Waals surface area contributed by atoms with Gasteiger partial charge in [0.15, 0.2) is 0 Å². The van der Waals surface area contributed by atoms with Gasteiger partial charge in [-0.15, -0.1) is 10.2 Å². The molecular weight excluding hydrogens is 206 g/mol. The van der Waals surface area contributed by atoms with E-state index in [1.54, 1.807) is 29.4 Å². The Balaban J connectivity index is 2.49. The molecule has 1 aromatic carbocycles.